The number of nitrogens with one attached hydrogen (secondary N) is 1. The van der Waals surface area contributed by atoms with Gasteiger partial charge in [0.25, 0.3) is 0 Å². The van der Waals surface area contributed by atoms with E-state index >= 15 is 0 Å². The maximum Gasteiger partial charge on any atom is 0.451 e. The van der Waals surface area contributed by atoms with E-state index in [1.54, 1.807) is 0 Å². The van der Waals surface area contributed by atoms with E-state index in [0.717, 1.165) is 13.1 Å². The second-order valence-corrected chi connectivity index (χ2v) is 7.53. The Balaban J connectivity index is 2.67. The van der Waals surface area contributed by atoms with E-state index in [4.69, 9.17) is 23.2 Å². The molecule has 0 saturated carbocycles. The zero-order valence-electron chi connectivity index (χ0n) is 12.6. The number of sulfonamides is 1. The number of hydrogen-bond acceptors (Lipinski definition) is 5. The van der Waals surface area contributed by atoms with Crippen LogP contribution in [0, 0.1) is 0 Å². The third-order valence-electron chi connectivity index (χ3n) is 2.98. The van der Waals surface area contributed by atoms with E-state index in [1.807, 2.05) is 4.72 Å². The molecular weight excluding hydrogens is 410 g/mol. The number of hydrogen-bond donors (Lipinski definition) is 1. The minimum Gasteiger partial charge on any atom is -0.274 e. The molecule has 0 bridgehead atoms. The van der Waals surface area contributed by atoms with E-state index in [9.17, 15) is 26.4 Å². The van der Waals surface area contributed by atoms with Gasteiger partial charge in [0.1, 0.15) is 0 Å². The first-order valence-electron chi connectivity index (χ1n) is 6.47. The molecule has 0 aliphatic rings. The number of aromatic nitrogens is 4. The van der Waals surface area contributed by atoms with Gasteiger partial charge in [-0.2, -0.15) is 17.9 Å². The summed E-state index contributed by atoms with van der Waals surface area (Å²) in [6.07, 6.45) is -4.88. The first-order chi connectivity index (χ1) is 11.4. The van der Waals surface area contributed by atoms with Crippen LogP contribution in [0.3, 0.4) is 0 Å². The summed E-state index contributed by atoms with van der Waals surface area (Å²) >= 11 is 11.7. The van der Waals surface area contributed by atoms with Crippen molar-refractivity contribution in [3.8, 4) is 5.82 Å². The molecule has 25 heavy (non-hydrogen) atoms. The lowest BCUT2D eigenvalue weighted by molar-refractivity contribution is -0.147. The first-order valence-corrected chi connectivity index (χ1v) is 8.88. The summed E-state index contributed by atoms with van der Waals surface area (Å²) in [7, 11) is -2.90. The number of halogens is 5. The van der Waals surface area contributed by atoms with Gasteiger partial charge in [-0.1, -0.05) is 23.2 Å². The van der Waals surface area contributed by atoms with Gasteiger partial charge in [0, 0.05) is 7.05 Å². The fourth-order valence-corrected chi connectivity index (χ4v) is 2.85. The minimum absolute atomic E-state index is 0.203. The number of alkyl halides is 3. The summed E-state index contributed by atoms with van der Waals surface area (Å²) in [5, 5.41) is 2.68. The smallest absolute Gasteiger partial charge is 0.274 e. The summed E-state index contributed by atoms with van der Waals surface area (Å²) in [5.41, 5.74) is -1.17. The molecule has 0 aliphatic heterocycles. The van der Waals surface area contributed by atoms with Crippen LogP contribution in [-0.2, 0) is 23.2 Å². The Morgan fingerprint density at radius 1 is 1.28 bits per heavy atom. The Morgan fingerprint density at radius 3 is 2.36 bits per heavy atom. The Labute approximate surface area is 149 Å². The summed E-state index contributed by atoms with van der Waals surface area (Å²) in [4.78, 5) is 15.8. The average molecular weight is 420 g/mol. The SMILES string of the molecule is CCS(=O)(=O)Nc1nc(-n2nc(C(F)(F)F)n(C)c2=O)c(Cl)cc1Cl. The lowest BCUT2D eigenvalue weighted by Crippen LogP contribution is -2.24. The van der Waals surface area contributed by atoms with Gasteiger partial charge in [-0.3, -0.25) is 9.29 Å². The van der Waals surface area contributed by atoms with E-state index in [2.05, 4.69) is 10.1 Å². The third kappa shape index (κ3) is 3.90. The largest absolute Gasteiger partial charge is 0.451 e. The van der Waals surface area contributed by atoms with E-state index < -0.39 is 39.3 Å². The lowest BCUT2D eigenvalue weighted by atomic mass is 10.4. The van der Waals surface area contributed by atoms with Crippen molar-refractivity contribution in [1.29, 1.82) is 0 Å². The van der Waals surface area contributed by atoms with Gasteiger partial charge in [-0.15, -0.1) is 5.10 Å². The number of pyridine rings is 1. The Hall–Kier alpha value is -1.79. The summed E-state index contributed by atoms with van der Waals surface area (Å²) in [6.45, 7) is 1.35. The molecule has 0 fully saturated rings. The molecule has 0 spiro atoms. The summed E-state index contributed by atoms with van der Waals surface area (Å²) in [5.74, 6) is -2.67. The molecule has 0 saturated heterocycles. The van der Waals surface area contributed by atoms with Crippen LogP contribution in [0.4, 0.5) is 19.0 Å². The molecule has 2 aromatic rings. The molecule has 2 rings (SSSR count). The molecule has 1 N–H and O–H groups in total. The van der Waals surface area contributed by atoms with Gasteiger partial charge in [-0.05, 0) is 13.0 Å². The van der Waals surface area contributed by atoms with Crippen LogP contribution in [0.25, 0.3) is 5.82 Å². The molecule has 8 nitrogen and oxygen atoms in total. The topological polar surface area (TPSA) is 98.9 Å². The van der Waals surface area contributed by atoms with E-state index in [-0.39, 0.29) is 20.4 Å². The van der Waals surface area contributed by atoms with E-state index in [1.165, 1.54) is 6.92 Å². The average Bonchev–Trinajstić information content (AvgIpc) is 2.78. The first kappa shape index (κ1) is 19.5. The third-order valence-corrected chi connectivity index (χ3v) is 4.81. The summed E-state index contributed by atoms with van der Waals surface area (Å²) < 4.78 is 64.5. The second kappa shape index (κ2) is 6.50. The van der Waals surface area contributed by atoms with Crippen molar-refractivity contribution in [1.82, 2.24) is 19.3 Å². The van der Waals surface area contributed by atoms with Gasteiger partial charge < -0.3 is 0 Å². The summed E-state index contributed by atoms with van der Waals surface area (Å²) in [6, 6.07) is 1.04. The van der Waals surface area contributed by atoms with Gasteiger partial charge in [0.15, 0.2) is 11.6 Å². The van der Waals surface area contributed by atoms with Gasteiger partial charge in [0.2, 0.25) is 15.8 Å². The highest BCUT2D eigenvalue weighted by atomic mass is 35.5. The van der Waals surface area contributed by atoms with Gasteiger partial charge >= 0.3 is 11.9 Å². The van der Waals surface area contributed by atoms with E-state index in [0.29, 0.717) is 4.68 Å². The highest BCUT2D eigenvalue weighted by Crippen LogP contribution is 2.30. The van der Waals surface area contributed by atoms with Crippen molar-refractivity contribution < 1.29 is 21.6 Å². The van der Waals surface area contributed by atoms with Crippen LogP contribution >= 0.6 is 23.2 Å². The molecule has 2 heterocycles. The zero-order chi connectivity index (χ0) is 19.2. The maximum atomic E-state index is 12.9. The minimum atomic E-state index is -4.88. The van der Waals surface area contributed by atoms with Gasteiger partial charge in [-0.25, -0.2) is 18.2 Å². The monoisotopic (exact) mass is 419 g/mol. The Kier molecular flexibility index (Phi) is 5.08. The molecule has 138 valence electrons. The van der Waals surface area contributed by atoms with Crippen LogP contribution in [-0.4, -0.2) is 33.5 Å². The maximum absolute atomic E-state index is 12.9. The predicted molar refractivity (Wildman–Crippen MR) is 84.7 cm³/mol. The van der Waals surface area contributed by atoms with Crippen molar-refractivity contribution in [2.24, 2.45) is 7.05 Å². The Bertz CT molecular complexity index is 984. The fourth-order valence-electron chi connectivity index (χ4n) is 1.72. The molecule has 0 radical (unpaired) electrons. The molecule has 14 heteroatoms. The standard InChI is InChI=1S/C11H10Cl2F3N5O3S/c1-3-25(23,24)19-7-5(12)4-6(13)8(17-7)21-10(22)20(2)9(18-21)11(14,15)16/h4H,3H2,1-2H3,(H,17,19). The Morgan fingerprint density at radius 2 is 1.88 bits per heavy atom. The van der Waals surface area contributed by atoms with Crippen LogP contribution in [0.5, 0.6) is 0 Å². The van der Waals surface area contributed by atoms with Crippen molar-refractivity contribution in [3.63, 3.8) is 0 Å². The van der Waals surface area contributed by atoms with Crippen molar-refractivity contribution in [2.45, 2.75) is 13.1 Å². The number of nitrogens with zero attached hydrogens (tertiary/aromatic N) is 4. The molecule has 0 atom stereocenters. The van der Waals surface area contributed by atoms with Crippen LogP contribution < -0.4 is 10.4 Å². The highest BCUT2D eigenvalue weighted by molar-refractivity contribution is 7.92. The fraction of sp³-hybridized carbons (Fsp3) is 0.364. The van der Waals surface area contributed by atoms with Gasteiger partial charge in [0.05, 0.1) is 15.8 Å². The number of rotatable bonds is 4. The van der Waals surface area contributed by atoms with Crippen LogP contribution in [0.15, 0.2) is 10.9 Å². The lowest BCUT2D eigenvalue weighted by Gasteiger charge is -2.10. The molecule has 2 aromatic heterocycles. The molecular formula is C11H10Cl2F3N5O3S. The van der Waals surface area contributed by atoms with Crippen LogP contribution in [0.2, 0.25) is 10.0 Å². The quantitative estimate of drug-likeness (QED) is 0.817. The second-order valence-electron chi connectivity index (χ2n) is 4.70. The number of anilines is 1. The van der Waals surface area contributed by atoms with Crippen molar-refractivity contribution >= 4 is 39.0 Å². The normalized spacial score (nSPS) is 12.4. The van der Waals surface area contributed by atoms with Crippen molar-refractivity contribution in [3.05, 3.63) is 32.4 Å². The molecule has 0 aromatic carbocycles. The predicted octanol–water partition coefficient (Wildman–Crippen LogP) is 2.05. The molecule has 0 unspecified atom stereocenters. The molecule has 0 amide bonds. The van der Waals surface area contributed by atoms with Crippen molar-refractivity contribution in [2.75, 3.05) is 10.5 Å². The highest BCUT2D eigenvalue weighted by Gasteiger charge is 2.38. The molecule has 0 aliphatic carbocycles. The van der Waals surface area contributed by atoms with Crippen LogP contribution in [0.1, 0.15) is 12.7 Å². The zero-order valence-corrected chi connectivity index (χ0v) is 14.9.